The van der Waals surface area contributed by atoms with Crippen molar-refractivity contribution in [3.8, 4) is 0 Å². The van der Waals surface area contributed by atoms with Crippen molar-refractivity contribution in [2.24, 2.45) is 0 Å². The lowest BCUT2D eigenvalue weighted by Gasteiger charge is -2.18. The van der Waals surface area contributed by atoms with E-state index in [9.17, 15) is 19.8 Å². The minimum absolute atomic E-state index is 0.112. The van der Waals surface area contributed by atoms with Gasteiger partial charge in [-0.25, -0.2) is 4.79 Å². The van der Waals surface area contributed by atoms with Crippen LogP contribution in [0.5, 0.6) is 0 Å². The van der Waals surface area contributed by atoms with E-state index in [1.165, 1.54) is 18.2 Å². The molecule has 2 unspecified atom stereocenters. The number of carbonyl (C=O) groups excluding carboxylic acids is 1. The Balaban J connectivity index is 2.95. The highest BCUT2D eigenvalue weighted by Crippen LogP contribution is 2.23. The number of rotatable bonds is 5. The third kappa shape index (κ3) is 3.94. The molecular weight excluding hydrogens is 254 g/mol. The summed E-state index contributed by atoms with van der Waals surface area (Å²) in [6, 6.07) is 3.74. The van der Waals surface area contributed by atoms with Crippen LogP contribution in [-0.2, 0) is 9.53 Å². The number of ether oxygens (including phenoxy) is 1. The Bertz CT molecular complexity index is 487. The average molecular weight is 269 g/mol. The molecule has 0 amide bonds. The molecule has 0 saturated carbocycles. The van der Waals surface area contributed by atoms with Crippen molar-refractivity contribution in [1.82, 2.24) is 0 Å². The summed E-state index contributed by atoms with van der Waals surface area (Å²) >= 11 is 0. The van der Waals surface area contributed by atoms with Crippen LogP contribution in [0, 0.1) is 0 Å². The number of methoxy groups -OCH3 is 1. The molecule has 7 nitrogen and oxygen atoms in total. The predicted octanol–water partition coefficient (Wildman–Crippen LogP) is -0.0756. The number of aliphatic hydroxyl groups is 2. The Morgan fingerprint density at radius 1 is 1.32 bits per heavy atom. The van der Waals surface area contributed by atoms with Crippen LogP contribution in [0.1, 0.15) is 28.4 Å². The number of aliphatic hydroxyl groups excluding tert-OH is 2. The maximum atomic E-state index is 11.0. The second-order valence-corrected chi connectivity index (χ2v) is 3.99. The zero-order valence-corrected chi connectivity index (χ0v) is 10.2. The maximum Gasteiger partial charge on any atom is 0.335 e. The van der Waals surface area contributed by atoms with Gasteiger partial charge in [-0.2, -0.15) is 0 Å². The van der Waals surface area contributed by atoms with E-state index < -0.39 is 30.6 Å². The zero-order chi connectivity index (χ0) is 14.6. The van der Waals surface area contributed by atoms with Gasteiger partial charge < -0.3 is 25.8 Å². The lowest BCUT2D eigenvalue weighted by Crippen LogP contribution is -2.23. The van der Waals surface area contributed by atoms with E-state index in [4.69, 9.17) is 10.8 Å². The second kappa shape index (κ2) is 6.17. The molecule has 7 heteroatoms. The first-order valence-electron chi connectivity index (χ1n) is 5.42. The SMILES string of the molecule is COC(=O)CC(O)C(O)c1cc(N)cc(C(=O)O)c1. The van der Waals surface area contributed by atoms with E-state index in [-0.39, 0.29) is 16.8 Å². The lowest BCUT2D eigenvalue weighted by atomic mass is 9.99. The summed E-state index contributed by atoms with van der Waals surface area (Å²) in [6.07, 6.45) is -3.24. The molecular formula is C12H15NO6. The number of benzene rings is 1. The summed E-state index contributed by atoms with van der Waals surface area (Å²) in [7, 11) is 1.16. The Labute approximate surface area is 109 Å². The number of nitrogens with two attached hydrogens (primary N) is 1. The largest absolute Gasteiger partial charge is 0.478 e. The Hall–Kier alpha value is -2.12. The predicted molar refractivity (Wildman–Crippen MR) is 65.4 cm³/mol. The fourth-order valence-corrected chi connectivity index (χ4v) is 1.56. The molecule has 0 bridgehead atoms. The molecule has 1 aromatic rings. The Morgan fingerprint density at radius 3 is 2.47 bits per heavy atom. The fraction of sp³-hybridized carbons (Fsp3) is 0.333. The van der Waals surface area contributed by atoms with Gasteiger partial charge in [-0.15, -0.1) is 0 Å². The Morgan fingerprint density at radius 2 is 1.95 bits per heavy atom. The standard InChI is InChI=1S/C12H15NO6/c1-19-10(15)5-9(14)11(16)6-2-7(12(17)18)4-8(13)3-6/h2-4,9,11,14,16H,5,13H2,1H3,(H,17,18). The van der Waals surface area contributed by atoms with Gasteiger partial charge in [-0.1, -0.05) is 0 Å². The van der Waals surface area contributed by atoms with Crippen LogP contribution in [0.25, 0.3) is 0 Å². The van der Waals surface area contributed by atoms with Crippen molar-refractivity contribution in [3.63, 3.8) is 0 Å². The van der Waals surface area contributed by atoms with Gasteiger partial charge in [0.25, 0.3) is 0 Å². The van der Waals surface area contributed by atoms with Crippen molar-refractivity contribution >= 4 is 17.6 Å². The normalized spacial score (nSPS) is 13.6. The van der Waals surface area contributed by atoms with E-state index >= 15 is 0 Å². The summed E-state index contributed by atoms with van der Waals surface area (Å²) in [5.41, 5.74) is 5.66. The molecule has 5 N–H and O–H groups in total. The van der Waals surface area contributed by atoms with Gasteiger partial charge in [0.15, 0.2) is 0 Å². The van der Waals surface area contributed by atoms with Crippen molar-refractivity contribution in [3.05, 3.63) is 29.3 Å². The van der Waals surface area contributed by atoms with Crippen LogP contribution >= 0.6 is 0 Å². The van der Waals surface area contributed by atoms with Crippen LogP contribution in [0.4, 0.5) is 5.69 Å². The molecule has 0 saturated heterocycles. The van der Waals surface area contributed by atoms with E-state index in [0.29, 0.717) is 0 Å². The zero-order valence-electron chi connectivity index (χ0n) is 10.2. The second-order valence-electron chi connectivity index (χ2n) is 3.99. The van der Waals surface area contributed by atoms with Gasteiger partial charge in [0.2, 0.25) is 0 Å². The number of esters is 1. The molecule has 0 spiro atoms. The highest BCUT2D eigenvalue weighted by molar-refractivity contribution is 5.89. The molecule has 1 rings (SSSR count). The molecule has 2 atom stereocenters. The monoisotopic (exact) mass is 269 g/mol. The summed E-state index contributed by atoms with van der Waals surface area (Å²) in [5.74, 6) is -1.89. The van der Waals surface area contributed by atoms with E-state index in [2.05, 4.69) is 4.74 Å². The van der Waals surface area contributed by atoms with Crippen LogP contribution < -0.4 is 5.73 Å². The van der Waals surface area contributed by atoms with Crippen molar-refractivity contribution in [2.45, 2.75) is 18.6 Å². The molecule has 0 aromatic heterocycles. The number of carbonyl (C=O) groups is 2. The maximum absolute atomic E-state index is 11.0. The minimum Gasteiger partial charge on any atom is -0.478 e. The summed E-state index contributed by atoms with van der Waals surface area (Å²) in [4.78, 5) is 21.8. The molecule has 19 heavy (non-hydrogen) atoms. The number of carboxylic acids is 1. The van der Waals surface area contributed by atoms with Gasteiger partial charge in [-0.05, 0) is 23.8 Å². The number of hydrogen-bond acceptors (Lipinski definition) is 6. The number of anilines is 1. The van der Waals surface area contributed by atoms with Gasteiger partial charge in [0.05, 0.1) is 25.2 Å². The Kier molecular flexibility index (Phi) is 4.85. The van der Waals surface area contributed by atoms with Crippen LogP contribution in [0.15, 0.2) is 18.2 Å². The van der Waals surface area contributed by atoms with Crippen molar-refractivity contribution in [2.75, 3.05) is 12.8 Å². The van der Waals surface area contributed by atoms with E-state index in [1.807, 2.05) is 0 Å². The first kappa shape index (κ1) is 14.9. The molecule has 1 aromatic carbocycles. The van der Waals surface area contributed by atoms with Crippen LogP contribution in [0.2, 0.25) is 0 Å². The van der Waals surface area contributed by atoms with Gasteiger partial charge in [0, 0.05) is 5.69 Å². The highest BCUT2D eigenvalue weighted by atomic mass is 16.5. The lowest BCUT2D eigenvalue weighted by molar-refractivity contribution is -0.144. The fourth-order valence-electron chi connectivity index (χ4n) is 1.56. The van der Waals surface area contributed by atoms with Crippen LogP contribution in [-0.4, -0.2) is 40.5 Å². The molecule has 0 aliphatic rings. The summed E-state index contributed by atoms with van der Waals surface area (Å²) < 4.78 is 4.36. The van der Waals surface area contributed by atoms with Gasteiger partial charge in [0.1, 0.15) is 6.10 Å². The van der Waals surface area contributed by atoms with Crippen molar-refractivity contribution < 1.29 is 29.6 Å². The van der Waals surface area contributed by atoms with Crippen LogP contribution in [0.3, 0.4) is 0 Å². The number of aromatic carboxylic acids is 1. The molecule has 0 heterocycles. The average Bonchev–Trinajstić information content (AvgIpc) is 2.36. The molecule has 0 aliphatic carbocycles. The quantitative estimate of drug-likeness (QED) is 0.434. The minimum atomic E-state index is -1.43. The highest BCUT2D eigenvalue weighted by Gasteiger charge is 2.23. The molecule has 0 radical (unpaired) electrons. The number of carboxylic acid groups (broad SMARTS) is 1. The summed E-state index contributed by atoms with van der Waals surface area (Å²) in [5, 5.41) is 28.4. The molecule has 0 aliphatic heterocycles. The summed E-state index contributed by atoms with van der Waals surface area (Å²) in [6.45, 7) is 0. The first-order valence-corrected chi connectivity index (χ1v) is 5.42. The topological polar surface area (TPSA) is 130 Å². The third-order valence-electron chi connectivity index (χ3n) is 2.53. The van der Waals surface area contributed by atoms with Gasteiger partial charge in [-0.3, -0.25) is 4.79 Å². The van der Waals surface area contributed by atoms with Gasteiger partial charge >= 0.3 is 11.9 Å². The van der Waals surface area contributed by atoms with E-state index in [1.54, 1.807) is 0 Å². The number of hydrogen-bond donors (Lipinski definition) is 4. The van der Waals surface area contributed by atoms with Crippen molar-refractivity contribution in [1.29, 1.82) is 0 Å². The number of nitrogen functional groups attached to an aromatic ring is 1. The molecule has 104 valence electrons. The smallest absolute Gasteiger partial charge is 0.335 e. The molecule has 0 fully saturated rings. The first-order chi connectivity index (χ1) is 8.85. The third-order valence-corrected chi connectivity index (χ3v) is 2.53. The van der Waals surface area contributed by atoms with E-state index in [0.717, 1.165) is 7.11 Å².